The molecular formula is C14H16N2O3S2. The molecule has 0 saturated carbocycles. The van der Waals surface area contributed by atoms with Gasteiger partial charge in [0.1, 0.15) is 5.69 Å². The normalized spacial score (nSPS) is 10.4. The van der Waals surface area contributed by atoms with Gasteiger partial charge in [0, 0.05) is 23.8 Å². The number of nitrogens with zero attached hydrogens (tertiary/aromatic N) is 2. The zero-order valence-corrected chi connectivity index (χ0v) is 13.5. The predicted octanol–water partition coefficient (Wildman–Crippen LogP) is 2.70. The molecule has 0 spiro atoms. The van der Waals surface area contributed by atoms with Crippen LogP contribution in [0.1, 0.15) is 32.1 Å². The highest BCUT2D eigenvalue weighted by molar-refractivity contribution is 7.11. The highest BCUT2D eigenvalue weighted by Gasteiger charge is 2.19. The first-order valence-corrected chi connectivity index (χ1v) is 8.28. The number of rotatable bonds is 6. The first-order chi connectivity index (χ1) is 10.1. The maximum absolute atomic E-state index is 12.2. The number of thiazole rings is 1. The number of thiophene rings is 1. The molecule has 2 aromatic heterocycles. The van der Waals surface area contributed by atoms with Gasteiger partial charge >= 0.3 is 5.97 Å². The molecule has 0 bridgehead atoms. The Bertz CT molecular complexity index is 608. The van der Waals surface area contributed by atoms with Crippen LogP contribution in [0.5, 0.6) is 0 Å². The average Bonchev–Trinajstić information content (AvgIpc) is 3.15. The van der Waals surface area contributed by atoms with Gasteiger partial charge in [-0.15, -0.1) is 22.7 Å². The molecular weight excluding hydrogens is 308 g/mol. The first kappa shape index (κ1) is 15.7. The number of aromatic nitrogens is 1. The summed E-state index contributed by atoms with van der Waals surface area (Å²) in [7, 11) is 1.74. The van der Waals surface area contributed by atoms with E-state index in [4.69, 9.17) is 4.74 Å². The fourth-order valence-corrected chi connectivity index (χ4v) is 3.07. The quantitative estimate of drug-likeness (QED) is 0.767. The molecule has 2 heterocycles. The van der Waals surface area contributed by atoms with Crippen LogP contribution in [-0.4, -0.2) is 42.0 Å². The van der Waals surface area contributed by atoms with Crippen molar-refractivity contribution in [2.24, 2.45) is 0 Å². The van der Waals surface area contributed by atoms with Gasteiger partial charge in [-0.25, -0.2) is 9.78 Å². The smallest absolute Gasteiger partial charge is 0.367 e. The average molecular weight is 324 g/mol. The molecule has 0 unspecified atom stereocenters. The van der Waals surface area contributed by atoms with Crippen LogP contribution in [0, 0.1) is 0 Å². The van der Waals surface area contributed by atoms with Gasteiger partial charge in [-0.1, -0.05) is 6.07 Å². The Balaban J connectivity index is 1.94. The van der Waals surface area contributed by atoms with E-state index in [1.54, 1.807) is 35.6 Å². The van der Waals surface area contributed by atoms with Crippen molar-refractivity contribution in [1.82, 2.24) is 9.88 Å². The molecule has 0 aliphatic heterocycles. The van der Waals surface area contributed by atoms with Crippen molar-refractivity contribution >= 4 is 34.6 Å². The summed E-state index contributed by atoms with van der Waals surface area (Å²) in [5, 5.41) is 3.83. The van der Waals surface area contributed by atoms with Crippen LogP contribution in [0.4, 0.5) is 0 Å². The minimum Gasteiger partial charge on any atom is -0.461 e. The van der Waals surface area contributed by atoms with Crippen LogP contribution >= 0.6 is 22.7 Å². The van der Waals surface area contributed by atoms with E-state index in [9.17, 15) is 9.59 Å². The molecule has 21 heavy (non-hydrogen) atoms. The molecule has 0 radical (unpaired) electrons. The van der Waals surface area contributed by atoms with Gasteiger partial charge in [-0.05, 0) is 24.8 Å². The predicted molar refractivity (Wildman–Crippen MR) is 83.1 cm³/mol. The van der Waals surface area contributed by atoms with Crippen molar-refractivity contribution in [1.29, 1.82) is 0 Å². The molecule has 0 N–H and O–H groups in total. The summed E-state index contributed by atoms with van der Waals surface area (Å²) in [6, 6.07) is 4.04. The molecule has 0 saturated heterocycles. The zero-order valence-electron chi connectivity index (χ0n) is 11.9. The minimum atomic E-state index is -0.484. The SMILES string of the molecule is CCOC(=O)c1nc(C(=O)N(C)CCc2cccs2)cs1. The molecule has 0 aromatic carbocycles. The topological polar surface area (TPSA) is 59.5 Å². The van der Waals surface area contributed by atoms with Gasteiger partial charge in [0.2, 0.25) is 5.01 Å². The Morgan fingerprint density at radius 3 is 2.86 bits per heavy atom. The second-order valence-corrected chi connectivity index (χ2v) is 6.20. The molecule has 0 atom stereocenters. The van der Waals surface area contributed by atoms with Crippen molar-refractivity contribution in [3.8, 4) is 0 Å². The van der Waals surface area contributed by atoms with Crippen LogP contribution in [0.15, 0.2) is 22.9 Å². The molecule has 2 rings (SSSR count). The first-order valence-electron chi connectivity index (χ1n) is 6.52. The summed E-state index contributed by atoms with van der Waals surface area (Å²) in [5.74, 6) is -0.666. The standard InChI is InChI=1S/C14H16N2O3S2/c1-3-19-14(18)12-15-11(9-21-12)13(17)16(2)7-6-10-5-4-8-20-10/h4-5,8-9H,3,6-7H2,1-2H3. The number of ether oxygens (including phenoxy) is 1. The Morgan fingerprint density at radius 1 is 1.38 bits per heavy atom. The zero-order chi connectivity index (χ0) is 15.2. The van der Waals surface area contributed by atoms with E-state index < -0.39 is 5.97 Å². The van der Waals surface area contributed by atoms with Gasteiger partial charge in [0.25, 0.3) is 5.91 Å². The van der Waals surface area contributed by atoms with E-state index >= 15 is 0 Å². The number of amides is 1. The number of hydrogen-bond donors (Lipinski definition) is 0. The second-order valence-electron chi connectivity index (χ2n) is 4.31. The largest absolute Gasteiger partial charge is 0.461 e. The Morgan fingerprint density at radius 2 is 2.19 bits per heavy atom. The van der Waals surface area contributed by atoms with E-state index in [2.05, 4.69) is 4.98 Å². The molecule has 2 aromatic rings. The molecule has 7 heteroatoms. The van der Waals surface area contributed by atoms with Gasteiger partial charge in [-0.2, -0.15) is 0 Å². The van der Waals surface area contributed by atoms with E-state index in [0.29, 0.717) is 13.2 Å². The van der Waals surface area contributed by atoms with Gasteiger partial charge in [0.05, 0.1) is 6.61 Å². The molecule has 0 aliphatic carbocycles. The minimum absolute atomic E-state index is 0.182. The van der Waals surface area contributed by atoms with Crippen LogP contribution in [0.2, 0.25) is 0 Å². The number of likely N-dealkylation sites (N-methyl/N-ethyl adjacent to an activating group) is 1. The summed E-state index contributed by atoms with van der Waals surface area (Å²) in [4.78, 5) is 30.7. The molecule has 1 amide bonds. The number of esters is 1. The lowest BCUT2D eigenvalue weighted by molar-refractivity contribution is 0.0526. The van der Waals surface area contributed by atoms with Crippen LogP contribution in [-0.2, 0) is 11.2 Å². The maximum Gasteiger partial charge on any atom is 0.367 e. The van der Waals surface area contributed by atoms with Gasteiger partial charge < -0.3 is 9.64 Å². The van der Waals surface area contributed by atoms with Gasteiger partial charge in [-0.3, -0.25) is 4.79 Å². The lowest BCUT2D eigenvalue weighted by Crippen LogP contribution is -2.29. The second kappa shape index (κ2) is 7.33. The van der Waals surface area contributed by atoms with E-state index in [1.807, 2.05) is 17.5 Å². The Hall–Kier alpha value is -1.73. The van der Waals surface area contributed by atoms with Crippen LogP contribution in [0.25, 0.3) is 0 Å². The lowest BCUT2D eigenvalue weighted by Gasteiger charge is -2.15. The summed E-state index contributed by atoms with van der Waals surface area (Å²) in [5.41, 5.74) is 0.289. The van der Waals surface area contributed by atoms with Crippen molar-refractivity contribution in [2.75, 3.05) is 20.2 Å². The molecule has 0 aliphatic rings. The molecule has 112 valence electrons. The summed E-state index contributed by atoms with van der Waals surface area (Å²) >= 11 is 2.80. The number of carbonyl (C=O) groups is 2. The van der Waals surface area contributed by atoms with E-state index in [-0.39, 0.29) is 16.6 Å². The van der Waals surface area contributed by atoms with E-state index in [0.717, 1.165) is 17.8 Å². The van der Waals surface area contributed by atoms with Crippen LogP contribution in [0.3, 0.4) is 0 Å². The van der Waals surface area contributed by atoms with Crippen molar-refractivity contribution in [3.63, 3.8) is 0 Å². The van der Waals surface area contributed by atoms with Crippen molar-refractivity contribution in [2.45, 2.75) is 13.3 Å². The Labute approximate surface area is 131 Å². The van der Waals surface area contributed by atoms with Crippen LogP contribution < -0.4 is 0 Å². The van der Waals surface area contributed by atoms with Crippen molar-refractivity contribution in [3.05, 3.63) is 38.5 Å². The molecule has 0 fully saturated rings. The fourth-order valence-electron chi connectivity index (χ4n) is 1.69. The third-order valence-corrected chi connectivity index (χ3v) is 4.55. The number of hydrogen-bond acceptors (Lipinski definition) is 6. The monoisotopic (exact) mass is 324 g/mol. The third kappa shape index (κ3) is 4.12. The summed E-state index contributed by atoms with van der Waals surface area (Å²) in [6.07, 6.45) is 0.814. The lowest BCUT2D eigenvalue weighted by atomic mass is 10.3. The molecule has 5 nitrogen and oxygen atoms in total. The maximum atomic E-state index is 12.2. The highest BCUT2D eigenvalue weighted by atomic mass is 32.1. The van der Waals surface area contributed by atoms with Crippen molar-refractivity contribution < 1.29 is 14.3 Å². The fraction of sp³-hybridized carbons (Fsp3) is 0.357. The highest BCUT2D eigenvalue weighted by Crippen LogP contribution is 2.14. The van der Waals surface area contributed by atoms with Gasteiger partial charge in [0.15, 0.2) is 0 Å². The summed E-state index contributed by atoms with van der Waals surface area (Å²) in [6.45, 7) is 2.64. The third-order valence-electron chi connectivity index (χ3n) is 2.79. The summed E-state index contributed by atoms with van der Waals surface area (Å²) < 4.78 is 4.86. The Kier molecular flexibility index (Phi) is 5.46. The number of carbonyl (C=O) groups excluding carboxylic acids is 2. The van der Waals surface area contributed by atoms with E-state index in [1.165, 1.54) is 4.88 Å².